The Kier molecular flexibility index (Phi) is 9.46. The maximum atomic E-state index is 10.8. The van der Waals surface area contributed by atoms with Gasteiger partial charge in [0.05, 0.1) is 12.5 Å². The van der Waals surface area contributed by atoms with E-state index >= 15 is 0 Å². The topological polar surface area (TPSA) is 76.0 Å². The maximum absolute atomic E-state index is 10.8. The quantitative estimate of drug-likeness (QED) is 0.336. The van der Waals surface area contributed by atoms with Crippen LogP contribution in [0.3, 0.4) is 0 Å². The van der Waals surface area contributed by atoms with Gasteiger partial charge in [-0.25, -0.2) is 10.1 Å². The van der Waals surface area contributed by atoms with Crippen LogP contribution >= 0.6 is 0 Å². The smallest absolute Gasteiger partial charge is 0.306 e. The Morgan fingerprint density at radius 3 is 2.53 bits per heavy atom. The van der Waals surface area contributed by atoms with Crippen molar-refractivity contribution in [2.75, 3.05) is 6.61 Å². The van der Waals surface area contributed by atoms with Crippen molar-refractivity contribution >= 4 is 5.97 Å². The van der Waals surface area contributed by atoms with Gasteiger partial charge in [0, 0.05) is 0 Å². The Hall–Kier alpha value is -0.650. The number of rotatable bonds is 10. The highest BCUT2D eigenvalue weighted by Crippen LogP contribution is 2.15. The average molecular weight is 220 g/mol. The van der Waals surface area contributed by atoms with Crippen LogP contribution in [0.4, 0.5) is 0 Å². The molecule has 0 spiro atoms. The first-order valence-electron chi connectivity index (χ1n) is 5.38. The molecule has 2 N–H and O–H groups in total. The van der Waals surface area contributed by atoms with Crippen molar-refractivity contribution in [3.05, 3.63) is 0 Å². The molecule has 5 heteroatoms. The summed E-state index contributed by atoms with van der Waals surface area (Å²) in [6.07, 6.45) is 4.87. The lowest BCUT2D eigenvalue weighted by Crippen LogP contribution is -2.13. The minimum atomic E-state index is -0.702. The second-order valence-corrected chi connectivity index (χ2v) is 3.57. The number of unbranched alkanes of at least 4 members (excludes halogenated alkanes) is 2. The zero-order valence-electron chi connectivity index (χ0n) is 9.15. The van der Waals surface area contributed by atoms with Gasteiger partial charge in [0.25, 0.3) is 0 Å². The van der Waals surface area contributed by atoms with Crippen LogP contribution in [0.25, 0.3) is 0 Å². The fraction of sp³-hybridized carbons (Fsp3) is 0.900. The molecule has 0 amide bonds. The largest absolute Gasteiger partial charge is 0.481 e. The summed E-state index contributed by atoms with van der Waals surface area (Å²) in [5.74, 6) is -0.920. The van der Waals surface area contributed by atoms with E-state index in [1.807, 2.05) is 6.92 Å². The highest BCUT2D eigenvalue weighted by Gasteiger charge is 2.15. The molecule has 15 heavy (non-hydrogen) atoms. The van der Waals surface area contributed by atoms with Crippen LogP contribution in [0.2, 0.25) is 0 Å². The van der Waals surface area contributed by atoms with E-state index in [0.29, 0.717) is 13.0 Å². The Labute approximate surface area is 89.9 Å². The van der Waals surface area contributed by atoms with Crippen LogP contribution in [0.1, 0.15) is 45.4 Å². The number of aliphatic carboxylic acids is 1. The fourth-order valence-corrected chi connectivity index (χ4v) is 1.51. The molecule has 1 atom stereocenters. The zero-order valence-corrected chi connectivity index (χ0v) is 9.15. The summed E-state index contributed by atoms with van der Waals surface area (Å²) >= 11 is 0. The van der Waals surface area contributed by atoms with Crippen molar-refractivity contribution in [2.24, 2.45) is 5.92 Å². The van der Waals surface area contributed by atoms with E-state index in [4.69, 9.17) is 10.4 Å². The summed E-state index contributed by atoms with van der Waals surface area (Å²) in [6.45, 7) is 2.32. The second kappa shape index (κ2) is 9.89. The van der Waals surface area contributed by atoms with Gasteiger partial charge in [-0.2, -0.15) is 0 Å². The predicted octanol–water partition coefficient (Wildman–Crippen LogP) is 2.47. The highest BCUT2D eigenvalue weighted by molar-refractivity contribution is 5.69. The highest BCUT2D eigenvalue weighted by atomic mass is 17.5. The van der Waals surface area contributed by atoms with E-state index in [-0.39, 0.29) is 5.92 Å². The first-order valence-corrected chi connectivity index (χ1v) is 5.38. The zero-order chi connectivity index (χ0) is 11.5. The molecule has 0 aliphatic heterocycles. The molecule has 5 nitrogen and oxygen atoms in total. The second-order valence-electron chi connectivity index (χ2n) is 3.57. The molecule has 0 saturated heterocycles. The summed E-state index contributed by atoms with van der Waals surface area (Å²) in [5.41, 5.74) is 0. The first kappa shape index (κ1) is 14.3. The lowest BCUT2D eigenvalue weighted by Gasteiger charge is -2.10. The molecular formula is C10H20O5. The van der Waals surface area contributed by atoms with Crippen molar-refractivity contribution in [3.63, 3.8) is 0 Å². The molecule has 0 radical (unpaired) electrons. The van der Waals surface area contributed by atoms with E-state index in [2.05, 4.69) is 9.93 Å². The van der Waals surface area contributed by atoms with E-state index in [1.54, 1.807) is 0 Å². The van der Waals surface area contributed by atoms with Gasteiger partial charge in [0.1, 0.15) is 0 Å². The number of carbonyl (C=O) groups is 1. The molecule has 1 unspecified atom stereocenters. The Bertz CT molecular complexity index is 160. The summed E-state index contributed by atoms with van der Waals surface area (Å²) < 4.78 is 0. The third-order valence-electron chi connectivity index (χ3n) is 2.32. The normalized spacial score (nSPS) is 12.7. The SMILES string of the molecule is CCCC(CCCCCOOO)C(=O)O. The summed E-state index contributed by atoms with van der Waals surface area (Å²) in [4.78, 5) is 15.1. The number of carboxylic acid groups (broad SMARTS) is 1. The standard InChI is InChI=1S/C10H20O5/c1-2-6-9(10(11)12)7-4-3-5-8-14-15-13/h9,13H,2-8H2,1H3,(H,11,12). The number of hydrogen-bond donors (Lipinski definition) is 2. The van der Waals surface area contributed by atoms with Gasteiger partial charge >= 0.3 is 5.97 Å². The monoisotopic (exact) mass is 220 g/mol. The van der Waals surface area contributed by atoms with Gasteiger partial charge in [0.15, 0.2) is 0 Å². The molecule has 0 aliphatic rings. The first-order chi connectivity index (χ1) is 7.22. The lowest BCUT2D eigenvalue weighted by molar-refractivity contribution is -0.490. The van der Waals surface area contributed by atoms with Crippen LogP contribution in [0.15, 0.2) is 0 Å². The summed E-state index contributed by atoms with van der Waals surface area (Å²) in [5, 5.41) is 20.2. The van der Waals surface area contributed by atoms with Crippen LogP contribution in [0.5, 0.6) is 0 Å². The average Bonchev–Trinajstić information content (AvgIpc) is 2.21. The Morgan fingerprint density at radius 2 is 2.00 bits per heavy atom. The molecule has 0 bridgehead atoms. The van der Waals surface area contributed by atoms with Gasteiger partial charge in [-0.15, -0.1) is 0 Å². The van der Waals surface area contributed by atoms with E-state index in [9.17, 15) is 4.79 Å². The minimum Gasteiger partial charge on any atom is -0.481 e. The molecule has 90 valence electrons. The van der Waals surface area contributed by atoms with E-state index in [0.717, 1.165) is 32.1 Å². The van der Waals surface area contributed by atoms with Crippen molar-refractivity contribution in [1.29, 1.82) is 0 Å². The lowest BCUT2D eigenvalue weighted by atomic mass is 9.97. The van der Waals surface area contributed by atoms with Gasteiger partial charge < -0.3 is 5.11 Å². The predicted molar refractivity (Wildman–Crippen MR) is 54.2 cm³/mol. The number of hydrogen-bond acceptors (Lipinski definition) is 4. The maximum Gasteiger partial charge on any atom is 0.306 e. The van der Waals surface area contributed by atoms with Crippen molar-refractivity contribution < 1.29 is 25.1 Å². The van der Waals surface area contributed by atoms with Gasteiger partial charge in [-0.1, -0.05) is 31.2 Å². The molecule has 0 rings (SSSR count). The molecule has 0 fully saturated rings. The molecule has 0 saturated carbocycles. The van der Waals surface area contributed by atoms with Crippen molar-refractivity contribution in [2.45, 2.75) is 45.4 Å². The van der Waals surface area contributed by atoms with Crippen molar-refractivity contribution in [1.82, 2.24) is 0 Å². The third-order valence-corrected chi connectivity index (χ3v) is 2.32. The molecule has 0 heterocycles. The minimum absolute atomic E-state index is 0.218. The van der Waals surface area contributed by atoms with Gasteiger partial charge in [-0.3, -0.25) is 4.79 Å². The van der Waals surface area contributed by atoms with E-state index in [1.165, 1.54) is 0 Å². The Morgan fingerprint density at radius 1 is 1.27 bits per heavy atom. The fourth-order valence-electron chi connectivity index (χ4n) is 1.51. The van der Waals surface area contributed by atoms with Crippen molar-refractivity contribution in [3.8, 4) is 0 Å². The summed E-state index contributed by atoms with van der Waals surface area (Å²) in [7, 11) is 0. The van der Waals surface area contributed by atoms with Crippen LogP contribution in [-0.2, 0) is 14.7 Å². The molecular weight excluding hydrogens is 200 g/mol. The molecule has 0 aliphatic carbocycles. The Balaban J connectivity index is 3.41. The molecule has 0 aromatic rings. The molecule has 0 aromatic carbocycles. The van der Waals surface area contributed by atoms with Gasteiger partial charge in [0.2, 0.25) is 0 Å². The third kappa shape index (κ3) is 8.35. The summed E-state index contributed by atoms with van der Waals surface area (Å²) in [6, 6.07) is 0. The van der Waals surface area contributed by atoms with E-state index < -0.39 is 5.97 Å². The van der Waals surface area contributed by atoms with Crippen LogP contribution in [-0.4, -0.2) is 22.9 Å². The van der Waals surface area contributed by atoms with Crippen LogP contribution < -0.4 is 0 Å². The number of carboxylic acids is 1. The van der Waals surface area contributed by atoms with Gasteiger partial charge in [-0.05, 0) is 19.3 Å². The van der Waals surface area contributed by atoms with Crippen LogP contribution in [0, 0.1) is 5.92 Å². The molecule has 0 aromatic heterocycles.